The van der Waals surface area contributed by atoms with Gasteiger partial charge < -0.3 is 14.0 Å². The standard InChI is InChI=1S/C19H27N3O3/c1-14-7-8-16(15(2)12-14)23-11-5-9-22(3)13-18-20-19(25-21-18)17-6-4-10-24-17/h7-8,12,17H,4-6,9-11,13H2,1-3H3. The fraction of sp³-hybridized carbons (Fsp3) is 0.579. The second kappa shape index (κ2) is 8.45. The molecule has 1 aliphatic heterocycles. The van der Waals surface area contributed by atoms with Crippen molar-refractivity contribution in [1.29, 1.82) is 0 Å². The summed E-state index contributed by atoms with van der Waals surface area (Å²) in [6, 6.07) is 6.26. The lowest BCUT2D eigenvalue weighted by atomic mass is 10.1. The molecule has 1 aromatic heterocycles. The first-order valence-electron chi connectivity index (χ1n) is 8.94. The molecule has 0 radical (unpaired) electrons. The van der Waals surface area contributed by atoms with Crippen molar-refractivity contribution in [1.82, 2.24) is 15.0 Å². The lowest BCUT2D eigenvalue weighted by Crippen LogP contribution is -2.21. The molecule has 1 aromatic carbocycles. The minimum absolute atomic E-state index is 0.0160. The van der Waals surface area contributed by atoms with Gasteiger partial charge in [0.15, 0.2) is 5.82 Å². The predicted octanol–water partition coefficient (Wildman–Crippen LogP) is 3.44. The Morgan fingerprint density at radius 1 is 1.32 bits per heavy atom. The van der Waals surface area contributed by atoms with Gasteiger partial charge in [0.2, 0.25) is 0 Å². The van der Waals surface area contributed by atoms with E-state index in [1.807, 2.05) is 6.07 Å². The first-order chi connectivity index (χ1) is 12.1. The third kappa shape index (κ3) is 5.03. The summed E-state index contributed by atoms with van der Waals surface area (Å²) in [6.07, 6.45) is 2.95. The SMILES string of the molecule is Cc1ccc(OCCCN(C)Cc2noc(C3CCCO3)n2)c(C)c1. The Bertz CT molecular complexity index is 680. The van der Waals surface area contributed by atoms with Crippen LogP contribution in [0.2, 0.25) is 0 Å². The highest BCUT2D eigenvalue weighted by molar-refractivity contribution is 5.35. The number of benzene rings is 1. The van der Waals surface area contributed by atoms with E-state index in [4.69, 9.17) is 14.0 Å². The van der Waals surface area contributed by atoms with Crippen LogP contribution in [0.4, 0.5) is 0 Å². The van der Waals surface area contributed by atoms with Crippen molar-refractivity contribution in [3.63, 3.8) is 0 Å². The molecule has 0 saturated carbocycles. The highest BCUT2D eigenvalue weighted by Gasteiger charge is 2.23. The van der Waals surface area contributed by atoms with Crippen LogP contribution in [-0.2, 0) is 11.3 Å². The van der Waals surface area contributed by atoms with Crippen LogP contribution >= 0.6 is 0 Å². The summed E-state index contributed by atoms with van der Waals surface area (Å²) >= 11 is 0. The molecule has 0 spiro atoms. The molecule has 2 heterocycles. The maximum absolute atomic E-state index is 5.87. The van der Waals surface area contributed by atoms with Gasteiger partial charge in [0.05, 0.1) is 13.2 Å². The van der Waals surface area contributed by atoms with Gasteiger partial charge in [0, 0.05) is 13.2 Å². The molecule has 1 atom stereocenters. The number of nitrogens with zero attached hydrogens (tertiary/aromatic N) is 3. The molecule has 6 heteroatoms. The summed E-state index contributed by atoms with van der Waals surface area (Å²) in [5.74, 6) is 2.29. The number of ether oxygens (including phenoxy) is 2. The van der Waals surface area contributed by atoms with Crippen molar-refractivity contribution in [3.8, 4) is 5.75 Å². The molecular formula is C19H27N3O3. The van der Waals surface area contributed by atoms with Gasteiger partial charge in [0.1, 0.15) is 11.9 Å². The van der Waals surface area contributed by atoms with Crippen molar-refractivity contribution in [2.45, 2.75) is 45.8 Å². The normalized spacial score (nSPS) is 17.4. The van der Waals surface area contributed by atoms with E-state index >= 15 is 0 Å². The van der Waals surface area contributed by atoms with Gasteiger partial charge in [0.25, 0.3) is 5.89 Å². The Morgan fingerprint density at radius 2 is 2.20 bits per heavy atom. The monoisotopic (exact) mass is 345 g/mol. The largest absolute Gasteiger partial charge is 0.493 e. The average Bonchev–Trinajstić information content (AvgIpc) is 3.24. The van der Waals surface area contributed by atoms with Crippen LogP contribution in [0.25, 0.3) is 0 Å². The van der Waals surface area contributed by atoms with Crippen molar-refractivity contribution in [3.05, 3.63) is 41.0 Å². The third-order valence-electron chi connectivity index (χ3n) is 4.37. The van der Waals surface area contributed by atoms with Crippen molar-refractivity contribution in [2.24, 2.45) is 0 Å². The predicted molar refractivity (Wildman–Crippen MR) is 94.6 cm³/mol. The molecule has 6 nitrogen and oxygen atoms in total. The Balaban J connectivity index is 1.38. The summed E-state index contributed by atoms with van der Waals surface area (Å²) in [5.41, 5.74) is 2.44. The highest BCUT2D eigenvalue weighted by Crippen LogP contribution is 2.27. The Kier molecular flexibility index (Phi) is 6.04. The van der Waals surface area contributed by atoms with Gasteiger partial charge >= 0.3 is 0 Å². The van der Waals surface area contributed by atoms with Crippen molar-refractivity contribution < 1.29 is 14.0 Å². The molecule has 1 saturated heterocycles. The maximum Gasteiger partial charge on any atom is 0.255 e. The third-order valence-corrected chi connectivity index (χ3v) is 4.37. The van der Waals surface area contributed by atoms with Crippen LogP contribution < -0.4 is 4.74 Å². The fourth-order valence-corrected chi connectivity index (χ4v) is 3.03. The van der Waals surface area contributed by atoms with Crippen LogP contribution in [0.1, 0.15) is 48.2 Å². The number of hydrogen-bond donors (Lipinski definition) is 0. The van der Waals surface area contributed by atoms with Crippen molar-refractivity contribution in [2.75, 3.05) is 26.8 Å². The second-order valence-corrected chi connectivity index (χ2v) is 6.76. The summed E-state index contributed by atoms with van der Waals surface area (Å²) in [5, 5.41) is 4.06. The van der Waals surface area contributed by atoms with Crippen LogP contribution in [0, 0.1) is 13.8 Å². The molecule has 25 heavy (non-hydrogen) atoms. The minimum Gasteiger partial charge on any atom is -0.493 e. The number of aromatic nitrogens is 2. The topological polar surface area (TPSA) is 60.6 Å². The summed E-state index contributed by atoms with van der Waals surface area (Å²) in [7, 11) is 2.05. The Labute approximate surface area is 149 Å². The zero-order valence-corrected chi connectivity index (χ0v) is 15.3. The zero-order chi connectivity index (χ0) is 17.6. The molecule has 3 rings (SSSR count). The molecule has 1 unspecified atom stereocenters. The van der Waals surface area contributed by atoms with Crippen LogP contribution in [-0.4, -0.2) is 41.8 Å². The van der Waals surface area contributed by atoms with Crippen LogP contribution in [0.5, 0.6) is 5.75 Å². The highest BCUT2D eigenvalue weighted by atomic mass is 16.5. The lowest BCUT2D eigenvalue weighted by molar-refractivity contribution is 0.0835. The van der Waals surface area contributed by atoms with Gasteiger partial charge in [-0.05, 0) is 51.8 Å². The summed E-state index contributed by atoms with van der Waals surface area (Å²) in [4.78, 5) is 6.63. The molecule has 0 amide bonds. The average molecular weight is 345 g/mol. The van der Waals surface area contributed by atoms with Gasteiger partial charge in [-0.1, -0.05) is 22.9 Å². The van der Waals surface area contributed by atoms with E-state index in [-0.39, 0.29) is 6.10 Å². The summed E-state index contributed by atoms with van der Waals surface area (Å²) < 4.78 is 16.8. The van der Waals surface area contributed by atoms with Gasteiger partial charge in [-0.15, -0.1) is 0 Å². The van der Waals surface area contributed by atoms with Gasteiger partial charge in [-0.2, -0.15) is 4.98 Å². The van der Waals surface area contributed by atoms with Gasteiger partial charge in [-0.25, -0.2) is 0 Å². The number of aryl methyl sites for hydroxylation is 2. The maximum atomic E-state index is 5.87. The molecule has 1 fully saturated rings. The molecule has 136 valence electrons. The smallest absolute Gasteiger partial charge is 0.255 e. The van der Waals surface area contributed by atoms with Crippen LogP contribution in [0.3, 0.4) is 0 Å². The van der Waals surface area contributed by atoms with E-state index in [9.17, 15) is 0 Å². The molecular weight excluding hydrogens is 318 g/mol. The zero-order valence-electron chi connectivity index (χ0n) is 15.3. The summed E-state index contributed by atoms with van der Waals surface area (Å²) in [6.45, 7) is 7.23. The molecule has 0 N–H and O–H groups in total. The molecule has 1 aliphatic rings. The van der Waals surface area contributed by atoms with E-state index in [0.29, 0.717) is 24.9 Å². The van der Waals surface area contributed by atoms with Crippen molar-refractivity contribution >= 4 is 0 Å². The Hall–Kier alpha value is -1.92. The molecule has 0 bridgehead atoms. The van der Waals surface area contributed by atoms with Gasteiger partial charge in [-0.3, -0.25) is 4.90 Å². The van der Waals surface area contributed by atoms with Crippen LogP contribution in [0.15, 0.2) is 22.7 Å². The van der Waals surface area contributed by atoms with E-state index in [0.717, 1.165) is 38.2 Å². The first kappa shape index (κ1) is 17.9. The minimum atomic E-state index is -0.0160. The quantitative estimate of drug-likeness (QED) is 0.683. The molecule has 2 aromatic rings. The van der Waals surface area contributed by atoms with E-state index in [1.54, 1.807) is 0 Å². The number of rotatable bonds is 8. The fourth-order valence-electron chi connectivity index (χ4n) is 3.03. The van der Waals surface area contributed by atoms with E-state index in [1.165, 1.54) is 11.1 Å². The lowest BCUT2D eigenvalue weighted by Gasteiger charge is -2.15. The Morgan fingerprint density at radius 3 is 2.96 bits per heavy atom. The first-order valence-corrected chi connectivity index (χ1v) is 8.94. The van der Waals surface area contributed by atoms with E-state index in [2.05, 4.69) is 48.1 Å². The molecule has 0 aliphatic carbocycles. The number of hydrogen-bond acceptors (Lipinski definition) is 6. The second-order valence-electron chi connectivity index (χ2n) is 6.76. The van der Waals surface area contributed by atoms with E-state index < -0.39 is 0 Å².